The first kappa shape index (κ1) is 48.9. The van der Waals surface area contributed by atoms with E-state index in [-0.39, 0.29) is 89.6 Å². The summed E-state index contributed by atoms with van der Waals surface area (Å²) < 4.78 is 20.7. The van der Waals surface area contributed by atoms with E-state index in [0.717, 1.165) is 38.5 Å². The van der Waals surface area contributed by atoms with Crippen molar-refractivity contribution in [3.05, 3.63) is 0 Å². The Bertz CT molecular complexity index is 938. The smallest absolute Gasteiger partial charge is 0.326 e. The van der Waals surface area contributed by atoms with Crippen LogP contribution in [0.3, 0.4) is 0 Å². The van der Waals surface area contributed by atoms with Gasteiger partial charge in [0.1, 0.15) is 19.3 Å². The number of ether oxygens (including phenoxy) is 4. The molecule has 0 aliphatic rings. The van der Waals surface area contributed by atoms with Gasteiger partial charge in [0.25, 0.3) is 0 Å². The molecule has 301 valence electrons. The van der Waals surface area contributed by atoms with Crippen molar-refractivity contribution >= 4 is 35.9 Å². The van der Waals surface area contributed by atoms with Gasteiger partial charge in [-0.1, -0.05) is 89.9 Å². The first-order valence-corrected chi connectivity index (χ1v) is 19.2. The molecule has 15 heteroatoms. The molecule has 0 aromatic heterocycles. The summed E-state index contributed by atoms with van der Waals surface area (Å²) in [5, 5.41) is 25.9. The summed E-state index contributed by atoms with van der Waals surface area (Å²) >= 11 is 0. The molecule has 0 bridgehead atoms. The third kappa shape index (κ3) is 36.6. The average Bonchev–Trinajstić information content (AvgIpc) is 3.11. The van der Waals surface area contributed by atoms with Gasteiger partial charge in [0.15, 0.2) is 0 Å². The summed E-state index contributed by atoms with van der Waals surface area (Å²) in [6.07, 6.45) is 20.0. The maximum Gasteiger partial charge on any atom is 0.326 e. The van der Waals surface area contributed by atoms with Gasteiger partial charge in [-0.15, -0.1) is 0 Å². The van der Waals surface area contributed by atoms with E-state index in [9.17, 15) is 33.9 Å². The Morgan fingerprint density at radius 3 is 1.42 bits per heavy atom. The molecule has 5 N–H and O–H groups in total. The van der Waals surface area contributed by atoms with E-state index in [1.54, 1.807) is 6.29 Å². The molecule has 15 nitrogen and oxygen atoms in total. The van der Waals surface area contributed by atoms with Crippen molar-refractivity contribution in [2.45, 2.75) is 134 Å². The summed E-state index contributed by atoms with van der Waals surface area (Å²) in [5.74, 6) is -2.84. The Kier molecular flexibility index (Phi) is 35.3. The van der Waals surface area contributed by atoms with Gasteiger partial charge in [0.05, 0.1) is 39.6 Å². The maximum absolute atomic E-state index is 12.3. The van der Waals surface area contributed by atoms with Crippen LogP contribution in [-0.4, -0.2) is 118 Å². The number of carboxylic acid groups (broad SMARTS) is 2. The fourth-order valence-corrected chi connectivity index (χ4v) is 5.22. The zero-order valence-corrected chi connectivity index (χ0v) is 31.3. The molecule has 0 fully saturated rings. The standard InChI is InChI=1S/C37H66N3O12/c41-23-26-51-28-27-49-25-22-39-35(44)31-52-30-29-50-24-21-38-33(42)20-19-32(37(47)48)40-34(43)17-15-13-11-9-7-5-3-1-2-4-6-8-10-12-14-16-18-36(45)46/h32H,1-22,24-31H2,(H,38,42)(H,39,44)(H,40,43)(H,45,46)(H,47,48)/t32-/m0/s1. The average molecular weight is 745 g/mol. The number of carboxylic acids is 2. The van der Waals surface area contributed by atoms with Crippen molar-refractivity contribution in [1.29, 1.82) is 0 Å². The van der Waals surface area contributed by atoms with Gasteiger partial charge in [-0.25, -0.2) is 4.79 Å². The highest BCUT2D eigenvalue weighted by atomic mass is 16.5. The van der Waals surface area contributed by atoms with E-state index in [4.69, 9.17) is 24.1 Å². The molecule has 1 atom stereocenters. The van der Waals surface area contributed by atoms with Gasteiger partial charge in [0.2, 0.25) is 24.0 Å². The van der Waals surface area contributed by atoms with Crippen LogP contribution in [-0.2, 0) is 47.7 Å². The lowest BCUT2D eigenvalue weighted by atomic mass is 10.0. The third-order valence-electron chi connectivity index (χ3n) is 8.11. The quantitative estimate of drug-likeness (QED) is 0.0566. The highest BCUT2D eigenvalue weighted by Gasteiger charge is 2.20. The molecule has 0 spiro atoms. The number of rotatable bonds is 40. The molecule has 0 saturated carbocycles. The zero-order chi connectivity index (χ0) is 38.3. The molecular weight excluding hydrogens is 678 g/mol. The minimum atomic E-state index is -1.17. The summed E-state index contributed by atoms with van der Waals surface area (Å²) in [6.45, 7) is 1.81. The van der Waals surface area contributed by atoms with E-state index in [0.29, 0.717) is 26.2 Å². The van der Waals surface area contributed by atoms with E-state index < -0.39 is 18.0 Å². The van der Waals surface area contributed by atoms with Crippen LogP contribution in [0, 0.1) is 0 Å². The second kappa shape index (κ2) is 37.6. The van der Waals surface area contributed by atoms with Crippen LogP contribution in [0.2, 0.25) is 0 Å². The van der Waals surface area contributed by atoms with E-state index in [1.165, 1.54) is 57.8 Å². The Hall–Kier alpha value is -3.14. The van der Waals surface area contributed by atoms with Crippen molar-refractivity contribution < 1.29 is 57.9 Å². The van der Waals surface area contributed by atoms with Crippen LogP contribution in [0.1, 0.15) is 128 Å². The lowest BCUT2D eigenvalue weighted by Gasteiger charge is -2.14. The van der Waals surface area contributed by atoms with E-state index in [1.807, 2.05) is 0 Å². The zero-order valence-electron chi connectivity index (χ0n) is 31.3. The fourth-order valence-electron chi connectivity index (χ4n) is 5.22. The summed E-state index contributed by atoms with van der Waals surface area (Å²) in [5.41, 5.74) is 0. The topological polar surface area (TPSA) is 216 Å². The Labute approximate surface area is 310 Å². The molecular formula is C37H66N3O12. The number of aliphatic carboxylic acids is 2. The minimum absolute atomic E-state index is 0.0132. The van der Waals surface area contributed by atoms with Gasteiger partial charge in [0, 0.05) is 32.4 Å². The largest absolute Gasteiger partial charge is 0.481 e. The number of unbranched alkanes of at least 4 members (excludes halogenated alkanes) is 15. The van der Waals surface area contributed by atoms with Crippen LogP contribution in [0.25, 0.3) is 0 Å². The molecule has 0 aromatic carbocycles. The second-order valence-corrected chi connectivity index (χ2v) is 12.7. The monoisotopic (exact) mass is 744 g/mol. The normalized spacial score (nSPS) is 11.5. The fraction of sp³-hybridized carbons (Fsp3) is 0.838. The van der Waals surface area contributed by atoms with Crippen LogP contribution < -0.4 is 16.0 Å². The molecule has 0 heterocycles. The number of nitrogens with one attached hydrogen (secondary N) is 3. The molecule has 0 unspecified atom stereocenters. The van der Waals surface area contributed by atoms with Gasteiger partial charge in [-0.3, -0.25) is 24.0 Å². The summed E-state index contributed by atoms with van der Waals surface area (Å²) in [7, 11) is 0. The summed E-state index contributed by atoms with van der Waals surface area (Å²) in [4.78, 5) is 68.2. The van der Waals surface area contributed by atoms with Gasteiger partial charge in [-0.05, 0) is 19.3 Å². The first-order valence-electron chi connectivity index (χ1n) is 19.2. The lowest BCUT2D eigenvalue weighted by molar-refractivity contribution is -0.142. The van der Waals surface area contributed by atoms with Gasteiger partial charge >= 0.3 is 11.9 Å². The SMILES string of the molecule is O=[C]COCCOCCNC(=O)COCCOCCNC(=O)CC[C@H](NC(=O)CCCCCCCCCCCCCCCCCCC(=O)O)C(=O)O. The molecule has 0 rings (SSSR count). The maximum atomic E-state index is 12.3. The molecule has 1 radical (unpaired) electrons. The van der Waals surface area contributed by atoms with Crippen molar-refractivity contribution in [2.75, 3.05) is 65.9 Å². The highest BCUT2D eigenvalue weighted by Crippen LogP contribution is 2.14. The molecule has 3 amide bonds. The van der Waals surface area contributed by atoms with Crippen molar-refractivity contribution in [1.82, 2.24) is 16.0 Å². The predicted molar refractivity (Wildman–Crippen MR) is 195 cm³/mol. The Morgan fingerprint density at radius 1 is 0.500 bits per heavy atom. The first-order chi connectivity index (χ1) is 25.3. The second-order valence-electron chi connectivity index (χ2n) is 12.7. The molecule has 0 aliphatic carbocycles. The van der Waals surface area contributed by atoms with Gasteiger partial charge in [-0.2, -0.15) is 0 Å². The minimum Gasteiger partial charge on any atom is -0.481 e. The van der Waals surface area contributed by atoms with Gasteiger partial charge < -0.3 is 45.1 Å². The Balaban J connectivity index is 3.64. The van der Waals surface area contributed by atoms with Crippen molar-refractivity contribution in [2.24, 2.45) is 0 Å². The third-order valence-corrected chi connectivity index (χ3v) is 8.11. The molecule has 52 heavy (non-hydrogen) atoms. The molecule has 0 saturated heterocycles. The number of amides is 3. The number of hydrogen-bond donors (Lipinski definition) is 5. The molecule has 0 aromatic rings. The van der Waals surface area contributed by atoms with Crippen LogP contribution in [0.15, 0.2) is 0 Å². The predicted octanol–water partition coefficient (Wildman–Crippen LogP) is 3.85. The van der Waals surface area contributed by atoms with Crippen molar-refractivity contribution in [3.63, 3.8) is 0 Å². The van der Waals surface area contributed by atoms with E-state index in [2.05, 4.69) is 16.0 Å². The van der Waals surface area contributed by atoms with Crippen LogP contribution in [0.4, 0.5) is 0 Å². The van der Waals surface area contributed by atoms with Crippen LogP contribution >= 0.6 is 0 Å². The Morgan fingerprint density at radius 2 is 0.942 bits per heavy atom. The summed E-state index contributed by atoms with van der Waals surface area (Å²) in [6, 6.07) is -1.13. The van der Waals surface area contributed by atoms with Crippen LogP contribution in [0.5, 0.6) is 0 Å². The molecule has 0 aliphatic heterocycles. The highest BCUT2D eigenvalue weighted by molar-refractivity contribution is 5.84. The van der Waals surface area contributed by atoms with Crippen molar-refractivity contribution in [3.8, 4) is 0 Å². The van der Waals surface area contributed by atoms with E-state index >= 15 is 0 Å². The lowest BCUT2D eigenvalue weighted by Crippen LogP contribution is -2.41. The number of carbonyl (C=O) groups excluding carboxylic acids is 4. The number of hydrogen-bond acceptors (Lipinski definition) is 10. The number of carbonyl (C=O) groups is 5.